The van der Waals surface area contributed by atoms with Gasteiger partial charge in [-0.2, -0.15) is 0 Å². The zero-order valence-electron chi connectivity index (χ0n) is 11.5. The van der Waals surface area contributed by atoms with Gasteiger partial charge in [-0.05, 0) is 45.2 Å². The molecule has 1 rings (SSSR count). The zero-order valence-corrected chi connectivity index (χ0v) is 12.3. The molecule has 1 N–H and O–H groups in total. The van der Waals surface area contributed by atoms with Crippen LogP contribution in [-0.2, 0) is 14.8 Å². The molecule has 6 heteroatoms. The lowest BCUT2D eigenvalue weighted by Gasteiger charge is -2.31. The molecule has 18 heavy (non-hydrogen) atoms. The third-order valence-corrected chi connectivity index (χ3v) is 5.48. The van der Waals surface area contributed by atoms with Crippen molar-refractivity contribution < 1.29 is 13.2 Å². The molecule has 1 aliphatic heterocycles. The van der Waals surface area contributed by atoms with Crippen molar-refractivity contribution in [3.05, 3.63) is 0 Å². The number of piperidine rings is 1. The fourth-order valence-electron chi connectivity index (χ4n) is 2.34. The molecule has 0 aromatic rings. The fraction of sp³-hybridized carbons (Fsp3) is 1.00. The molecule has 0 bridgehead atoms. The van der Waals surface area contributed by atoms with Gasteiger partial charge in [-0.25, -0.2) is 12.7 Å². The number of ether oxygens (including phenoxy) is 1. The normalized spacial score (nSPS) is 19.2. The number of hydrogen-bond donors (Lipinski definition) is 1. The van der Waals surface area contributed by atoms with E-state index < -0.39 is 10.0 Å². The summed E-state index contributed by atoms with van der Waals surface area (Å²) in [5, 5.41) is 3.15. The summed E-state index contributed by atoms with van der Waals surface area (Å²) in [6, 6.07) is 0. The van der Waals surface area contributed by atoms with Crippen molar-refractivity contribution >= 4 is 10.0 Å². The van der Waals surface area contributed by atoms with Crippen LogP contribution in [0.4, 0.5) is 0 Å². The van der Waals surface area contributed by atoms with Crippen LogP contribution in [0.2, 0.25) is 0 Å². The Labute approximate surface area is 111 Å². The Morgan fingerprint density at radius 3 is 2.56 bits per heavy atom. The minimum atomic E-state index is -3.06. The van der Waals surface area contributed by atoms with E-state index >= 15 is 0 Å². The summed E-state index contributed by atoms with van der Waals surface area (Å²) in [4.78, 5) is 0. The van der Waals surface area contributed by atoms with E-state index in [0.717, 1.165) is 25.8 Å². The molecule has 0 saturated carbocycles. The van der Waals surface area contributed by atoms with Gasteiger partial charge in [-0.3, -0.25) is 0 Å². The van der Waals surface area contributed by atoms with Crippen molar-refractivity contribution in [3.63, 3.8) is 0 Å². The second-order valence-electron chi connectivity index (χ2n) is 4.90. The van der Waals surface area contributed by atoms with Crippen LogP contribution in [-0.4, -0.2) is 58.9 Å². The van der Waals surface area contributed by atoms with Gasteiger partial charge in [0.05, 0.1) is 5.75 Å². The van der Waals surface area contributed by atoms with Crippen LogP contribution >= 0.6 is 0 Å². The summed E-state index contributed by atoms with van der Waals surface area (Å²) in [5.74, 6) is 0.880. The number of nitrogens with zero attached hydrogens (tertiary/aromatic N) is 1. The first-order valence-corrected chi connectivity index (χ1v) is 8.32. The summed E-state index contributed by atoms with van der Waals surface area (Å²) in [6.07, 6.45) is 3.71. The van der Waals surface area contributed by atoms with Gasteiger partial charge in [0.1, 0.15) is 0 Å². The average molecular weight is 278 g/mol. The van der Waals surface area contributed by atoms with E-state index in [2.05, 4.69) is 5.32 Å². The van der Waals surface area contributed by atoms with Crippen LogP contribution in [0.1, 0.15) is 25.7 Å². The number of sulfonamides is 1. The van der Waals surface area contributed by atoms with E-state index in [1.165, 1.54) is 0 Å². The lowest BCUT2D eigenvalue weighted by atomic mass is 9.95. The van der Waals surface area contributed by atoms with E-state index in [1.807, 2.05) is 7.05 Å². The first kappa shape index (κ1) is 15.9. The van der Waals surface area contributed by atoms with Gasteiger partial charge in [0.15, 0.2) is 0 Å². The van der Waals surface area contributed by atoms with Crippen LogP contribution in [0.5, 0.6) is 0 Å². The van der Waals surface area contributed by atoms with Crippen LogP contribution in [0.25, 0.3) is 0 Å². The van der Waals surface area contributed by atoms with Crippen LogP contribution in [0.3, 0.4) is 0 Å². The lowest BCUT2D eigenvalue weighted by Crippen LogP contribution is -2.40. The monoisotopic (exact) mass is 278 g/mol. The minimum absolute atomic E-state index is 0.210. The van der Waals surface area contributed by atoms with Crippen molar-refractivity contribution in [2.24, 2.45) is 5.92 Å². The molecule has 5 nitrogen and oxygen atoms in total. The molecule has 1 aliphatic rings. The molecule has 0 spiro atoms. The van der Waals surface area contributed by atoms with Crippen molar-refractivity contribution in [2.45, 2.75) is 25.7 Å². The molecule has 0 atom stereocenters. The first-order chi connectivity index (χ1) is 8.60. The van der Waals surface area contributed by atoms with Gasteiger partial charge in [0.2, 0.25) is 10.0 Å². The third kappa shape index (κ3) is 5.22. The Bertz CT molecular complexity index is 311. The maximum Gasteiger partial charge on any atom is 0.214 e. The van der Waals surface area contributed by atoms with Crippen LogP contribution in [0.15, 0.2) is 0 Å². The van der Waals surface area contributed by atoms with E-state index in [-0.39, 0.29) is 5.75 Å². The van der Waals surface area contributed by atoms with E-state index in [9.17, 15) is 8.42 Å². The molecule has 0 aromatic carbocycles. The molecule has 0 aliphatic carbocycles. The standard InChI is InChI=1S/C12H26N2O3S/c1-13-7-4-12-5-8-14(9-6-12)18(15,16)11-3-10-17-2/h12-13H,3-11H2,1-2H3. The summed E-state index contributed by atoms with van der Waals surface area (Å²) in [7, 11) is 0.489. The second kappa shape index (κ2) is 8.09. The molecule has 0 unspecified atom stereocenters. The highest BCUT2D eigenvalue weighted by molar-refractivity contribution is 7.89. The highest BCUT2D eigenvalue weighted by atomic mass is 32.2. The molecule has 1 heterocycles. The predicted octanol–water partition coefficient (Wildman–Crippen LogP) is 0.674. The summed E-state index contributed by atoms with van der Waals surface area (Å²) in [6.45, 7) is 2.90. The Morgan fingerprint density at radius 2 is 2.00 bits per heavy atom. The molecule has 1 saturated heterocycles. The smallest absolute Gasteiger partial charge is 0.214 e. The fourth-order valence-corrected chi connectivity index (χ4v) is 3.85. The Kier molecular flexibility index (Phi) is 7.14. The minimum Gasteiger partial charge on any atom is -0.385 e. The van der Waals surface area contributed by atoms with Gasteiger partial charge in [-0.1, -0.05) is 0 Å². The van der Waals surface area contributed by atoms with Gasteiger partial charge in [-0.15, -0.1) is 0 Å². The molecular weight excluding hydrogens is 252 g/mol. The highest BCUT2D eigenvalue weighted by Crippen LogP contribution is 2.22. The van der Waals surface area contributed by atoms with Gasteiger partial charge < -0.3 is 10.1 Å². The molecule has 0 amide bonds. The third-order valence-electron chi connectivity index (χ3n) is 3.52. The average Bonchev–Trinajstić information content (AvgIpc) is 2.37. The van der Waals surface area contributed by atoms with Crippen LogP contribution < -0.4 is 5.32 Å². The number of nitrogens with one attached hydrogen (secondary N) is 1. The molecule has 108 valence electrons. The Morgan fingerprint density at radius 1 is 1.33 bits per heavy atom. The van der Waals surface area contributed by atoms with Gasteiger partial charge >= 0.3 is 0 Å². The van der Waals surface area contributed by atoms with Crippen molar-refractivity contribution in [1.82, 2.24) is 9.62 Å². The number of hydrogen-bond acceptors (Lipinski definition) is 4. The molecule has 1 fully saturated rings. The zero-order chi connectivity index (χ0) is 13.4. The number of rotatable bonds is 8. The second-order valence-corrected chi connectivity index (χ2v) is 6.99. The van der Waals surface area contributed by atoms with Crippen LogP contribution in [0, 0.1) is 5.92 Å². The molecular formula is C12H26N2O3S. The summed E-state index contributed by atoms with van der Waals surface area (Å²) < 4.78 is 30.6. The van der Waals surface area contributed by atoms with E-state index in [0.29, 0.717) is 32.0 Å². The maximum atomic E-state index is 12.0. The molecule has 0 aromatic heterocycles. The highest BCUT2D eigenvalue weighted by Gasteiger charge is 2.27. The quantitative estimate of drug-likeness (QED) is 0.663. The van der Waals surface area contributed by atoms with Gasteiger partial charge in [0.25, 0.3) is 0 Å². The van der Waals surface area contributed by atoms with E-state index in [4.69, 9.17) is 4.74 Å². The van der Waals surface area contributed by atoms with E-state index in [1.54, 1.807) is 11.4 Å². The maximum absolute atomic E-state index is 12.0. The Hall–Kier alpha value is -0.170. The summed E-state index contributed by atoms with van der Waals surface area (Å²) >= 11 is 0. The van der Waals surface area contributed by atoms with Crippen molar-refractivity contribution in [2.75, 3.05) is 46.2 Å². The van der Waals surface area contributed by atoms with Crippen molar-refractivity contribution in [3.8, 4) is 0 Å². The lowest BCUT2D eigenvalue weighted by molar-refractivity contribution is 0.198. The predicted molar refractivity (Wildman–Crippen MR) is 73.1 cm³/mol. The van der Waals surface area contributed by atoms with Crippen molar-refractivity contribution in [1.29, 1.82) is 0 Å². The largest absolute Gasteiger partial charge is 0.385 e. The first-order valence-electron chi connectivity index (χ1n) is 6.71. The molecule has 0 radical (unpaired) electrons. The summed E-state index contributed by atoms with van der Waals surface area (Å²) in [5.41, 5.74) is 0. The Balaban J connectivity index is 2.32. The SMILES string of the molecule is CNCCC1CCN(S(=O)(=O)CCCOC)CC1. The van der Waals surface area contributed by atoms with Gasteiger partial charge in [0, 0.05) is 26.8 Å². The number of methoxy groups -OCH3 is 1. The topological polar surface area (TPSA) is 58.6 Å².